The predicted molar refractivity (Wildman–Crippen MR) is 47.5 cm³/mol. The summed E-state index contributed by atoms with van der Waals surface area (Å²) in [4.78, 5) is 10.6. The SMILES string of the molecule is COc1ccc(F)cc1CC(=O)Cl. The molecule has 0 aliphatic carbocycles. The molecule has 0 spiro atoms. The van der Waals surface area contributed by atoms with Gasteiger partial charge >= 0.3 is 0 Å². The molecule has 1 aromatic carbocycles. The second kappa shape index (κ2) is 4.23. The molecule has 1 rings (SSSR count). The molecule has 4 heteroatoms. The average molecular weight is 203 g/mol. The second-order valence-electron chi connectivity index (χ2n) is 2.49. The van der Waals surface area contributed by atoms with Crippen molar-refractivity contribution < 1.29 is 13.9 Å². The molecule has 0 amide bonds. The molecule has 0 fully saturated rings. The Morgan fingerprint density at radius 3 is 2.85 bits per heavy atom. The van der Waals surface area contributed by atoms with Crippen molar-refractivity contribution in [1.29, 1.82) is 0 Å². The van der Waals surface area contributed by atoms with Crippen molar-refractivity contribution in [2.24, 2.45) is 0 Å². The van der Waals surface area contributed by atoms with E-state index >= 15 is 0 Å². The lowest BCUT2D eigenvalue weighted by atomic mass is 10.1. The van der Waals surface area contributed by atoms with Crippen LogP contribution in [0.1, 0.15) is 5.56 Å². The van der Waals surface area contributed by atoms with Gasteiger partial charge in [-0.25, -0.2) is 4.39 Å². The van der Waals surface area contributed by atoms with Gasteiger partial charge in [-0.15, -0.1) is 0 Å². The van der Waals surface area contributed by atoms with Crippen LogP contribution in [0.4, 0.5) is 4.39 Å². The topological polar surface area (TPSA) is 26.3 Å². The van der Waals surface area contributed by atoms with Gasteiger partial charge in [-0.1, -0.05) is 0 Å². The molecule has 0 aliphatic rings. The van der Waals surface area contributed by atoms with Crippen molar-refractivity contribution in [3.05, 3.63) is 29.6 Å². The van der Waals surface area contributed by atoms with Crippen LogP contribution in [0.3, 0.4) is 0 Å². The Balaban J connectivity index is 3.01. The number of benzene rings is 1. The van der Waals surface area contributed by atoms with Gasteiger partial charge in [0.2, 0.25) is 5.24 Å². The average Bonchev–Trinajstić information content (AvgIpc) is 2.03. The fourth-order valence-corrected chi connectivity index (χ4v) is 1.18. The summed E-state index contributed by atoms with van der Waals surface area (Å²) in [5, 5.41) is -0.538. The molecular formula is C9H8ClFO2. The van der Waals surface area contributed by atoms with E-state index < -0.39 is 11.1 Å². The van der Waals surface area contributed by atoms with Gasteiger partial charge in [-0.05, 0) is 29.8 Å². The highest BCUT2D eigenvalue weighted by atomic mass is 35.5. The third-order valence-corrected chi connectivity index (χ3v) is 1.71. The van der Waals surface area contributed by atoms with E-state index in [1.807, 2.05) is 0 Å². The summed E-state index contributed by atoms with van der Waals surface area (Å²) in [5.41, 5.74) is 0.461. The largest absolute Gasteiger partial charge is 0.496 e. The van der Waals surface area contributed by atoms with Gasteiger partial charge in [0, 0.05) is 5.56 Å². The number of hydrogen-bond acceptors (Lipinski definition) is 2. The minimum Gasteiger partial charge on any atom is -0.496 e. The zero-order valence-corrected chi connectivity index (χ0v) is 7.77. The lowest BCUT2D eigenvalue weighted by molar-refractivity contribution is -0.111. The van der Waals surface area contributed by atoms with Crippen LogP contribution >= 0.6 is 11.6 Å². The maximum atomic E-state index is 12.7. The van der Waals surface area contributed by atoms with Crippen LogP contribution in [-0.4, -0.2) is 12.4 Å². The molecule has 0 aliphatic heterocycles. The normalized spacial score (nSPS) is 9.77. The van der Waals surface area contributed by atoms with E-state index in [1.54, 1.807) is 0 Å². The van der Waals surface area contributed by atoms with E-state index in [0.717, 1.165) is 0 Å². The van der Waals surface area contributed by atoms with Gasteiger partial charge < -0.3 is 4.74 Å². The Morgan fingerprint density at radius 2 is 2.31 bits per heavy atom. The Bertz CT molecular complexity index is 325. The maximum Gasteiger partial charge on any atom is 0.226 e. The van der Waals surface area contributed by atoms with E-state index in [-0.39, 0.29) is 6.42 Å². The Hall–Kier alpha value is -1.09. The number of rotatable bonds is 3. The molecule has 0 bridgehead atoms. The molecule has 0 aromatic heterocycles. The second-order valence-corrected chi connectivity index (χ2v) is 2.91. The summed E-state index contributed by atoms with van der Waals surface area (Å²) in [7, 11) is 1.45. The van der Waals surface area contributed by atoms with Crippen molar-refractivity contribution in [2.45, 2.75) is 6.42 Å². The number of hydrogen-bond donors (Lipinski definition) is 0. The highest BCUT2D eigenvalue weighted by molar-refractivity contribution is 6.63. The fraction of sp³-hybridized carbons (Fsp3) is 0.222. The van der Waals surface area contributed by atoms with Crippen molar-refractivity contribution >= 4 is 16.8 Å². The molecule has 0 unspecified atom stereocenters. The van der Waals surface area contributed by atoms with Crippen molar-refractivity contribution in [3.63, 3.8) is 0 Å². The third kappa shape index (κ3) is 2.70. The molecule has 0 radical (unpaired) electrons. The van der Waals surface area contributed by atoms with Crippen LogP contribution < -0.4 is 4.74 Å². The van der Waals surface area contributed by atoms with Crippen LogP contribution in [0, 0.1) is 5.82 Å². The first-order valence-electron chi connectivity index (χ1n) is 3.64. The summed E-state index contributed by atoms with van der Waals surface area (Å²) < 4.78 is 17.6. The van der Waals surface area contributed by atoms with Crippen LogP contribution in [0.2, 0.25) is 0 Å². The maximum absolute atomic E-state index is 12.7. The molecule has 0 N–H and O–H groups in total. The summed E-state index contributed by atoms with van der Waals surface area (Å²) in [6.45, 7) is 0. The Labute approximate surface area is 80.3 Å². The van der Waals surface area contributed by atoms with E-state index in [0.29, 0.717) is 11.3 Å². The van der Waals surface area contributed by atoms with Crippen molar-refractivity contribution in [3.8, 4) is 5.75 Å². The molecule has 2 nitrogen and oxygen atoms in total. The minimum absolute atomic E-state index is 0.0253. The first kappa shape index (κ1) is 9.99. The summed E-state index contributed by atoms with van der Waals surface area (Å²) in [6.07, 6.45) is -0.0253. The summed E-state index contributed by atoms with van der Waals surface area (Å²) in [6, 6.07) is 3.96. The van der Waals surface area contributed by atoms with E-state index in [9.17, 15) is 9.18 Å². The number of ether oxygens (including phenoxy) is 1. The Morgan fingerprint density at radius 1 is 1.62 bits per heavy atom. The van der Waals surface area contributed by atoms with E-state index in [4.69, 9.17) is 16.3 Å². The van der Waals surface area contributed by atoms with Gasteiger partial charge in [0.05, 0.1) is 13.5 Å². The molecule has 70 valence electrons. The highest BCUT2D eigenvalue weighted by Gasteiger charge is 2.07. The lowest BCUT2D eigenvalue weighted by Gasteiger charge is -2.05. The van der Waals surface area contributed by atoms with E-state index in [2.05, 4.69) is 0 Å². The van der Waals surface area contributed by atoms with Gasteiger partial charge in [0.25, 0.3) is 0 Å². The zero-order valence-electron chi connectivity index (χ0n) is 7.01. The van der Waals surface area contributed by atoms with E-state index in [1.165, 1.54) is 25.3 Å². The molecular weight excluding hydrogens is 195 g/mol. The third-order valence-electron chi connectivity index (χ3n) is 1.57. The molecule has 0 heterocycles. The minimum atomic E-state index is -0.538. The molecule has 0 saturated carbocycles. The standard InChI is InChI=1S/C9H8ClFO2/c1-13-8-3-2-7(11)4-6(8)5-9(10)12/h2-4H,5H2,1H3. The quantitative estimate of drug-likeness (QED) is 0.702. The predicted octanol–water partition coefficient (Wildman–Crippen LogP) is 2.14. The monoisotopic (exact) mass is 202 g/mol. The zero-order chi connectivity index (χ0) is 9.84. The number of carbonyl (C=O) groups excluding carboxylic acids is 1. The van der Waals surface area contributed by atoms with Gasteiger partial charge in [-0.2, -0.15) is 0 Å². The highest BCUT2D eigenvalue weighted by Crippen LogP contribution is 2.20. The van der Waals surface area contributed by atoms with Crippen LogP contribution in [0.25, 0.3) is 0 Å². The first-order chi connectivity index (χ1) is 6.13. The number of methoxy groups -OCH3 is 1. The number of halogens is 2. The van der Waals surface area contributed by atoms with Crippen molar-refractivity contribution in [2.75, 3.05) is 7.11 Å². The van der Waals surface area contributed by atoms with Crippen LogP contribution in [-0.2, 0) is 11.2 Å². The number of carbonyl (C=O) groups is 1. The molecule has 1 aromatic rings. The molecule has 13 heavy (non-hydrogen) atoms. The molecule has 0 atom stereocenters. The summed E-state index contributed by atoms with van der Waals surface area (Å²) >= 11 is 5.18. The van der Waals surface area contributed by atoms with Gasteiger partial charge in [0.1, 0.15) is 11.6 Å². The fourth-order valence-electron chi connectivity index (χ4n) is 1.04. The van der Waals surface area contributed by atoms with Crippen molar-refractivity contribution in [1.82, 2.24) is 0 Å². The molecule has 0 saturated heterocycles. The summed E-state index contributed by atoms with van der Waals surface area (Å²) in [5.74, 6) is 0.0594. The Kier molecular flexibility index (Phi) is 3.25. The van der Waals surface area contributed by atoms with Crippen LogP contribution in [0.5, 0.6) is 5.75 Å². The van der Waals surface area contributed by atoms with Gasteiger partial charge in [-0.3, -0.25) is 4.79 Å². The van der Waals surface area contributed by atoms with Gasteiger partial charge in [0.15, 0.2) is 0 Å². The first-order valence-corrected chi connectivity index (χ1v) is 4.02. The lowest BCUT2D eigenvalue weighted by Crippen LogP contribution is -1.98. The van der Waals surface area contributed by atoms with Crippen LogP contribution in [0.15, 0.2) is 18.2 Å². The smallest absolute Gasteiger partial charge is 0.226 e.